The second-order valence-corrected chi connectivity index (χ2v) is 3.51. The first kappa shape index (κ1) is 11.1. The molecule has 2 aromatic rings. The molecule has 90 valence electrons. The maximum absolute atomic E-state index is 10.6. The van der Waals surface area contributed by atoms with Crippen molar-refractivity contribution in [3.8, 4) is 0 Å². The Labute approximate surface area is 96.3 Å². The third-order valence-electron chi connectivity index (χ3n) is 2.20. The highest BCUT2D eigenvalue weighted by molar-refractivity contribution is 5.85. The second-order valence-electron chi connectivity index (χ2n) is 3.51. The van der Waals surface area contributed by atoms with Crippen LogP contribution in [0.15, 0.2) is 17.0 Å². The number of rotatable bonds is 4. The van der Waals surface area contributed by atoms with E-state index in [0.717, 1.165) is 6.26 Å². The molecule has 17 heavy (non-hydrogen) atoms. The van der Waals surface area contributed by atoms with Gasteiger partial charge in [-0.25, -0.2) is 4.79 Å². The zero-order valence-corrected chi connectivity index (χ0v) is 9.28. The molecule has 2 N–H and O–H groups in total. The molecule has 0 aromatic carbocycles. The Morgan fingerprint density at radius 1 is 1.65 bits per heavy atom. The lowest BCUT2D eigenvalue weighted by molar-refractivity contribution is 0.0690. The number of oxazole rings is 1. The van der Waals surface area contributed by atoms with E-state index >= 15 is 0 Å². The molecule has 0 spiro atoms. The number of carboxylic acids is 1. The van der Waals surface area contributed by atoms with Gasteiger partial charge in [0.1, 0.15) is 12.6 Å². The van der Waals surface area contributed by atoms with Gasteiger partial charge in [-0.3, -0.25) is 0 Å². The summed E-state index contributed by atoms with van der Waals surface area (Å²) >= 11 is 0. The van der Waals surface area contributed by atoms with Crippen LogP contribution in [0.3, 0.4) is 0 Å². The lowest BCUT2D eigenvalue weighted by Gasteiger charge is -2.10. The molecular formula is C9H11N5O3. The van der Waals surface area contributed by atoms with Gasteiger partial charge < -0.3 is 19.4 Å². The van der Waals surface area contributed by atoms with Gasteiger partial charge in [0.25, 0.3) is 6.01 Å². The van der Waals surface area contributed by atoms with Crippen molar-refractivity contribution >= 4 is 12.0 Å². The summed E-state index contributed by atoms with van der Waals surface area (Å²) < 4.78 is 6.72. The Kier molecular flexibility index (Phi) is 2.77. The Morgan fingerprint density at radius 3 is 2.94 bits per heavy atom. The average Bonchev–Trinajstić information content (AvgIpc) is 2.86. The van der Waals surface area contributed by atoms with Crippen LogP contribution in [0, 0.1) is 0 Å². The van der Waals surface area contributed by atoms with Gasteiger partial charge in [0.05, 0.1) is 6.04 Å². The number of anilines is 1. The molecule has 0 fully saturated rings. The van der Waals surface area contributed by atoms with Gasteiger partial charge in [-0.1, -0.05) is 0 Å². The molecule has 8 nitrogen and oxygen atoms in total. The SMILES string of the molecule is CC(Nc1nc(C(=O)O)co1)c1nncn1C. The van der Waals surface area contributed by atoms with E-state index in [9.17, 15) is 4.79 Å². The number of hydrogen-bond donors (Lipinski definition) is 2. The van der Waals surface area contributed by atoms with E-state index < -0.39 is 5.97 Å². The first-order valence-electron chi connectivity index (χ1n) is 4.87. The molecule has 0 saturated carbocycles. The molecule has 1 atom stereocenters. The lowest BCUT2D eigenvalue weighted by atomic mass is 10.3. The number of nitrogens with one attached hydrogen (secondary N) is 1. The fraction of sp³-hybridized carbons (Fsp3) is 0.333. The molecule has 0 bridgehead atoms. The van der Waals surface area contributed by atoms with E-state index in [2.05, 4.69) is 20.5 Å². The van der Waals surface area contributed by atoms with Crippen LogP contribution >= 0.6 is 0 Å². The number of aryl methyl sites for hydroxylation is 1. The highest BCUT2D eigenvalue weighted by atomic mass is 16.4. The molecule has 2 heterocycles. The van der Waals surface area contributed by atoms with Crippen molar-refractivity contribution in [2.45, 2.75) is 13.0 Å². The third-order valence-corrected chi connectivity index (χ3v) is 2.20. The first-order chi connectivity index (χ1) is 8.08. The normalized spacial score (nSPS) is 12.4. The summed E-state index contributed by atoms with van der Waals surface area (Å²) in [6.45, 7) is 1.84. The molecule has 0 aliphatic heterocycles. The van der Waals surface area contributed by atoms with Crippen LogP contribution in [0.2, 0.25) is 0 Å². The van der Waals surface area contributed by atoms with Crippen LogP contribution in [-0.4, -0.2) is 30.8 Å². The summed E-state index contributed by atoms with van der Waals surface area (Å²) in [5.41, 5.74) is -0.141. The zero-order valence-electron chi connectivity index (χ0n) is 9.28. The summed E-state index contributed by atoms with van der Waals surface area (Å²) in [4.78, 5) is 14.4. The molecule has 0 aliphatic rings. The molecule has 2 aromatic heterocycles. The van der Waals surface area contributed by atoms with Crippen LogP contribution in [0.25, 0.3) is 0 Å². The van der Waals surface area contributed by atoms with Crippen molar-refractivity contribution in [3.05, 3.63) is 24.1 Å². The largest absolute Gasteiger partial charge is 0.476 e. The van der Waals surface area contributed by atoms with E-state index in [1.807, 2.05) is 14.0 Å². The van der Waals surface area contributed by atoms with Gasteiger partial charge in [-0.15, -0.1) is 10.2 Å². The summed E-state index contributed by atoms with van der Waals surface area (Å²) in [6, 6.07) is -0.0549. The standard InChI is InChI=1S/C9H11N5O3/c1-5(7-13-10-4-14(7)2)11-9-12-6(3-17-9)8(15)16/h3-5H,1-2H3,(H,11,12)(H,15,16). The van der Waals surface area contributed by atoms with Crippen LogP contribution in [0.1, 0.15) is 29.3 Å². The average molecular weight is 237 g/mol. The summed E-state index contributed by atoms with van der Waals surface area (Å²) in [7, 11) is 1.81. The number of carboxylic acid groups (broad SMARTS) is 1. The van der Waals surface area contributed by atoms with Crippen molar-refractivity contribution in [1.82, 2.24) is 19.7 Å². The molecule has 8 heteroatoms. The van der Waals surface area contributed by atoms with Crippen LogP contribution < -0.4 is 5.32 Å². The summed E-state index contributed by atoms with van der Waals surface area (Å²) in [5.74, 6) is -0.437. The predicted octanol–water partition coefficient (Wildman–Crippen LogP) is 0.674. The third kappa shape index (κ3) is 2.25. The van der Waals surface area contributed by atoms with Gasteiger partial charge in [0.15, 0.2) is 11.5 Å². The number of aromatic nitrogens is 4. The Hall–Kier alpha value is -2.38. The monoisotopic (exact) mass is 237 g/mol. The smallest absolute Gasteiger partial charge is 0.357 e. The van der Waals surface area contributed by atoms with Crippen molar-refractivity contribution < 1.29 is 14.3 Å². The van der Waals surface area contributed by atoms with Gasteiger partial charge in [0, 0.05) is 7.05 Å². The topological polar surface area (TPSA) is 106 Å². The molecule has 2 rings (SSSR count). The van der Waals surface area contributed by atoms with Crippen molar-refractivity contribution in [2.24, 2.45) is 7.05 Å². The minimum Gasteiger partial charge on any atom is -0.476 e. The number of nitrogens with zero attached hydrogens (tertiary/aromatic N) is 4. The quantitative estimate of drug-likeness (QED) is 0.804. The van der Waals surface area contributed by atoms with E-state index in [1.54, 1.807) is 10.9 Å². The number of carbonyl (C=O) groups is 1. The van der Waals surface area contributed by atoms with Crippen LogP contribution in [-0.2, 0) is 7.05 Å². The highest BCUT2D eigenvalue weighted by Crippen LogP contribution is 2.16. The lowest BCUT2D eigenvalue weighted by Crippen LogP contribution is -2.12. The summed E-state index contributed by atoms with van der Waals surface area (Å²) in [6.07, 6.45) is 2.65. The van der Waals surface area contributed by atoms with Gasteiger partial charge in [0.2, 0.25) is 0 Å². The maximum atomic E-state index is 10.6. The molecule has 1 unspecified atom stereocenters. The van der Waals surface area contributed by atoms with Crippen LogP contribution in [0.5, 0.6) is 0 Å². The maximum Gasteiger partial charge on any atom is 0.357 e. The van der Waals surface area contributed by atoms with Crippen LogP contribution in [0.4, 0.5) is 6.01 Å². The molecule has 0 saturated heterocycles. The van der Waals surface area contributed by atoms with Crippen molar-refractivity contribution in [1.29, 1.82) is 0 Å². The van der Waals surface area contributed by atoms with Gasteiger partial charge in [-0.05, 0) is 6.92 Å². The molecule has 0 aliphatic carbocycles. The van der Waals surface area contributed by atoms with Crippen molar-refractivity contribution in [3.63, 3.8) is 0 Å². The second kappa shape index (κ2) is 4.24. The van der Waals surface area contributed by atoms with Crippen molar-refractivity contribution in [2.75, 3.05) is 5.32 Å². The predicted molar refractivity (Wildman–Crippen MR) is 56.5 cm³/mol. The Bertz CT molecular complexity index is 532. The van der Waals surface area contributed by atoms with Gasteiger partial charge >= 0.3 is 5.97 Å². The fourth-order valence-electron chi connectivity index (χ4n) is 1.37. The summed E-state index contributed by atoms with van der Waals surface area (Å²) in [5, 5.41) is 19.2. The van der Waals surface area contributed by atoms with E-state index in [4.69, 9.17) is 9.52 Å². The van der Waals surface area contributed by atoms with Gasteiger partial charge in [-0.2, -0.15) is 4.98 Å². The first-order valence-corrected chi connectivity index (χ1v) is 4.87. The molecular weight excluding hydrogens is 226 g/mol. The minimum atomic E-state index is -1.13. The van der Waals surface area contributed by atoms with E-state index in [1.165, 1.54) is 0 Å². The van der Waals surface area contributed by atoms with E-state index in [-0.39, 0.29) is 17.8 Å². The fourth-order valence-corrected chi connectivity index (χ4v) is 1.37. The Balaban J connectivity index is 2.10. The number of hydrogen-bond acceptors (Lipinski definition) is 6. The highest BCUT2D eigenvalue weighted by Gasteiger charge is 2.15. The molecule has 0 amide bonds. The van der Waals surface area contributed by atoms with E-state index in [0.29, 0.717) is 5.82 Å². The Morgan fingerprint density at radius 2 is 2.41 bits per heavy atom. The zero-order chi connectivity index (χ0) is 12.4. The molecule has 0 radical (unpaired) electrons. The minimum absolute atomic E-state index is 0.137. The number of aromatic carboxylic acids is 1.